The van der Waals surface area contributed by atoms with E-state index in [1.165, 1.54) is 0 Å². The van der Waals surface area contributed by atoms with Crippen LogP contribution >= 0.6 is 0 Å². The van der Waals surface area contributed by atoms with Crippen molar-refractivity contribution in [3.63, 3.8) is 0 Å². The van der Waals surface area contributed by atoms with Gasteiger partial charge >= 0.3 is 6.09 Å². The van der Waals surface area contributed by atoms with Crippen LogP contribution < -0.4 is 9.80 Å². The molecule has 2 N–H and O–H groups in total. The number of cyclic esters (lactones) is 1. The van der Waals surface area contributed by atoms with Crippen molar-refractivity contribution in [3.8, 4) is 0 Å². The fourth-order valence-electron chi connectivity index (χ4n) is 7.62. The highest BCUT2D eigenvalue weighted by molar-refractivity contribution is 6.71. The molecule has 2 aromatic rings. The topological polar surface area (TPSA) is 120 Å². The van der Waals surface area contributed by atoms with Gasteiger partial charge in [0.2, 0.25) is 5.91 Å². The quantitative estimate of drug-likeness (QED) is 0.473. The number of carbonyl (C=O) groups excluding carboxylic acids is 3. The third kappa shape index (κ3) is 4.63. The Balaban J connectivity index is 1.30. The minimum absolute atomic E-state index is 0.0556. The fraction of sp³-hybridized carbons (Fsp3) is 0.516. The molecule has 0 aliphatic carbocycles. The Hall–Kier alpha value is -3.25. The van der Waals surface area contributed by atoms with E-state index in [4.69, 9.17) is 9.47 Å². The van der Waals surface area contributed by atoms with Crippen LogP contribution in [0.15, 0.2) is 48.5 Å². The summed E-state index contributed by atoms with van der Waals surface area (Å²) in [4.78, 5) is 56.5. The first kappa shape index (κ1) is 28.8. The van der Waals surface area contributed by atoms with Gasteiger partial charge in [0.1, 0.15) is 6.61 Å². The van der Waals surface area contributed by atoms with Crippen LogP contribution in [0.4, 0.5) is 16.2 Å². The van der Waals surface area contributed by atoms with Gasteiger partial charge in [0.05, 0.1) is 44.0 Å². The smallest absolute Gasteiger partial charge is 0.414 e. The van der Waals surface area contributed by atoms with E-state index in [9.17, 15) is 24.3 Å². The third-order valence-corrected chi connectivity index (χ3v) is 12.0. The predicted octanol–water partition coefficient (Wildman–Crippen LogP) is 3.36. The number of amides is 3. The van der Waals surface area contributed by atoms with Gasteiger partial charge in [-0.3, -0.25) is 14.5 Å². The van der Waals surface area contributed by atoms with E-state index in [-0.39, 0.29) is 48.4 Å². The summed E-state index contributed by atoms with van der Waals surface area (Å²) in [5, 5.41) is 9.78. The molecule has 42 heavy (non-hydrogen) atoms. The number of benzene rings is 2. The van der Waals surface area contributed by atoms with Gasteiger partial charge in [0.25, 0.3) is 5.91 Å². The van der Waals surface area contributed by atoms with E-state index in [0.717, 1.165) is 35.3 Å². The zero-order valence-corrected chi connectivity index (χ0v) is 25.4. The van der Waals surface area contributed by atoms with Crippen molar-refractivity contribution in [1.29, 1.82) is 0 Å². The van der Waals surface area contributed by atoms with Crippen molar-refractivity contribution < 1.29 is 33.8 Å². The van der Waals surface area contributed by atoms with Crippen molar-refractivity contribution in [2.45, 2.75) is 69.1 Å². The minimum Gasteiger partial charge on any atom is -0.447 e. The molecule has 0 saturated carbocycles. The monoisotopic (exact) mass is 593 g/mol. The summed E-state index contributed by atoms with van der Waals surface area (Å²) in [6, 6.07) is 14.9. The van der Waals surface area contributed by atoms with E-state index >= 15 is 0 Å². The summed E-state index contributed by atoms with van der Waals surface area (Å²) in [6.07, 6.45) is 0.670. The summed E-state index contributed by atoms with van der Waals surface area (Å²) in [6.45, 7) is 7.35. The number of likely N-dealkylation sites (tertiary alicyclic amines) is 1. The van der Waals surface area contributed by atoms with Crippen LogP contribution in [0.2, 0.25) is 18.6 Å². The number of aliphatic hydroxyl groups excluding tert-OH is 1. The van der Waals surface area contributed by atoms with Crippen LogP contribution in [0.5, 0.6) is 0 Å². The Morgan fingerprint density at radius 2 is 1.83 bits per heavy atom. The van der Waals surface area contributed by atoms with Gasteiger partial charge in [-0.2, -0.15) is 0 Å². The van der Waals surface area contributed by atoms with E-state index < -0.39 is 20.0 Å². The highest BCUT2D eigenvalue weighted by atomic mass is 28.4. The van der Waals surface area contributed by atoms with Crippen LogP contribution in [0, 0.1) is 5.92 Å². The van der Waals surface area contributed by atoms with Gasteiger partial charge < -0.3 is 29.2 Å². The fourth-order valence-corrected chi connectivity index (χ4v) is 10.2. The van der Waals surface area contributed by atoms with Gasteiger partial charge in [-0.05, 0) is 49.7 Å². The second-order valence-corrected chi connectivity index (χ2v) is 16.4. The normalized spacial score (nSPS) is 29.1. The number of ether oxygens (including phenoxy) is 2. The maximum absolute atomic E-state index is 14.5. The maximum Gasteiger partial charge on any atom is 0.414 e. The molecule has 10 nitrogen and oxygen atoms in total. The molecule has 3 amide bonds. The van der Waals surface area contributed by atoms with Crippen LogP contribution in [0.25, 0.3) is 0 Å². The average molecular weight is 594 g/mol. The predicted molar refractivity (Wildman–Crippen MR) is 158 cm³/mol. The molecule has 11 heteroatoms. The zero-order valence-electron chi connectivity index (χ0n) is 24.4. The second kappa shape index (κ2) is 10.8. The Bertz CT molecular complexity index is 1380. The first-order chi connectivity index (χ1) is 20.1. The Morgan fingerprint density at radius 1 is 1.10 bits per heavy atom. The number of anilines is 2. The molecule has 0 unspecified atom stereocenters. The molecule has 4 heterocycles. The number of hydrogen-bond donors (Lipinski definition) is 2. The highest BCUT2D eigenvalue weighted by Gasteiger charge is 2.66. The van der Waals surface area contributed by atoms with Gasteiger partial charge in [-0.1, -0.05) is 37.3 Å². The van der Waals surface area contributed by atoms with Gasteiger partial charge in [-0.25, -0.2) is 4.79 Å². The Kier molecular flexibility index (Phi) is 7.41. The molecule has 2 aromatic carbocycles. The van der Waals surface area contributed by atoms with E-state index in [2.05, 4.69) is 0 Å². The molecule has 0 radical (unpaired) electrons. The SMILES string of the molecule is C[C@@H]1[C@@H]([Si](C)(C)O)[C@H](CC(=O)N2CCC[C@H]2CO)O[C@@]12C(=O)N(Cc1ccc(N3CCOC3=O)cc1)c1ccccc12. The van der Waals surface area contributed by atoms with Crippen molar-refractivity contribution in [2.75, 3.05) is 36.1 Å². The molecule has 5 atom stereocenters. The zero-order chi connectivity index (χ0) is 29.8. The molecule has 4 aliphatic rings. The summed E-state index contributed by atoms with van der Waals surface area (Å²) >= 11 is 0. The van der Waals surface area contributed by atoms with Crippen molar-refractivity contribution in [2.24, 2.45) is 5.92 Å². The molecule has 224 valence electrons. The molecule has 3 fully saturated rings. The lowest BCUT2D eigenvalue weighted by Crippen LogP contribution is -2.46. The molecular weight excluding hydrogens is 554 g/mol. The van der Waals surface area contributed by atoms with Crippen LogP contribution in [-0.2, 0) is 31.2 Å². The van der Waals surface area contributed by atoms with Crippen LogP contribution in [-0.4, -0.2) is 79.5 Å². The number of fused-ring (bicyclic) bond motifs is 2. The first-order valence-corrected chi connectivity index (χ1v) is 17.8. The summed E-state index contributed by atoms with van der Waals surface area (Å²) in [5.74, 6) is -0.672. The Morgan fingerprint density at radius 3 is 2.50 bits per heavy atom. The maximum atomic E-state index is 14.5. The summed E-state index contributed by atoms with van der Waals surface area (Å²) in [7, 11) is -2.91. The van der Waals surface area contributed by atoms with Crippen LogP contribution in [0.1, 0.15) is 37.3 Å². The van der Waals surface area contributed by atoms with Crippen molar-refractivity contribution in [3.05, 3.63) is 59.7 Å². The van der Waals surface area contributed by atoms with E-state index in [1.54, 1.807) is 14.7 Å². The number of nitrogens with zero attached hydrogens (tertiary/aromatic N) is 3. The van der Waals surface area contributed by atoms with Gasteiger partial charge in [0, 0.05) is 29.3 Å². The average Bonchev–Trinajstić information content (AvgIpc) is 3.72. The lowest BCUT2D eigenvalue weighted by Gasteiger charge is -2.32. The molecule has 3 saturated heterocycles. The molecule has 6 rings (SSSR count). The van der Waals surface area contributed by atoms with Gasteiger partial charge in [-0.15, -0.1) is 0 Å². The minimum atomic E-state index is -2.91. The number of rotatable bonds is 7. The lowest BCUT2D eigenvalue weighted by atomic mass is 9.82. The molecule has 4 aliphatic heterocycles. The number of carbonyl (C=O) groups is 3. The first-order valence-electron chi connectivity index (χ1n) is 14.8. The Labute approximate surface area is 246 Å². The van der Waals surface area contributed by atoms with Crippen molar-refractivity contribution >= 4 is 37.6 Å². The molecule has 1 spiro atoms. The molecular formula is C31H39N3O7Si. The number of para-hydroxylation sites is 1. The van der Waals surface area contributed by atoms with E-state index in [1.807, 2.05) is 68.5 Å². The molecule has 0 aromatic heterocycles. The number of hydrogen-bond acceptors (Lipinski definition) is 7. The van der Waals surface area contributed by atoms with Gasteiger partial charge in [0.15, 0.2) is 13.9 Å². The van der Waals surface area contributed by atoms with Crippen molar-refractivity contribution in [1.82, 2.24) is 4.90 Å². The lowest BCUT2D eigenvalue weighted by molar-refractivity contribution is -0.150. The second-order valence-electron chi connectivity index (χ2n) is 12.5. The molecule has 0 bridgehead atoms. The van der Waals surface area contributed by atoms with E-state index in [0.29, 0.717) is 26.2 Å². The largest absolute Gasteiger partial charge is 0.447 e. The third-order valence-electron chi connectivity index (χ3n) is 9.52. The summed E-state index contributed by atoms with van der Waals surface area (Å²) < 4.78 is 11.8. The standard InChI is InChI=1S/C31H39N3O7Si/c1-20-28(42(2,3)39)26(17-27(36)32-14-6-7-23(32)19-35)41-31(20)24-8-4-5-9-25(24)34(29(31)37)18-21-10-12-22(13-11-21)33-15-16-40-30(33)38/h4-5,8-13,20,23,26,28,35,39H,6-7,14-19H2,1-3H3/t20-,23+,26+,28-,31+/m1/s1. The highest BCUT2D eigenvalue weighted by Crippen LogP contribution is 2.59. The summed E-state index contributed by atoms with van der Waals surface area (Å²) in [5.41, 5.74) is 1.47. The number of aliphatic hydroxyl groups is 1. The van der Waals surface area contributed by atoms with Crippen LogP contribution in [0.3, 0.4) is 0 Å².